The summed E-state index contributed by atoms with van der Waals surface area (Å²) in [6.07, 6.45) is 4.90. The van der Waals surface area contributed by atoms with Crippen molar-refractivity contribution < 1.29 is 13.6 Å². The van der Waals surface area contributed by atoms with Crippen LogP contribution in [0.5, 0.6) is 0 Å². The second-order valence-electron chi connectivity index (χ2n) is 2.86. The zero-order valence-corrected chi connectivity index (χ0v) is 7.72. The number of terminal acetylenes is 1. The monoisotopic (exact) mass is 174 g/mol. The lowest BCUT2D eigenvalue weighted by Gasteiger charge is -2.17. The third-order valence-electron chi connectivity index (χ3n) is 1.77. The topological polar surface area (TPSA) is 35.5 Å². The fraction of sp³-hybridized carbons (Fsp3) is 0.714. The third-order valence-corrected chi connectivity index (χ3v) is 3.18. The van der Waals surface area contributed by atoms with Gasteiger partial charge in [0, 0.05) is 6.66 Å². The number of hydrogen-bond donors (Lipinski definition) is 0. The van der Waals surface area contributed by atoms with Gasteiger partial charge in [-0.2, -0.15) is 0 Å². The SMILES string of the molecule is C#CC1(C)OP(C)(=O)OC1C. The molecule has 3 nitrogen and oxygen atoms in total. The van der Waals surface area contributed by atoms with E-state index >= 15 is 0 Å². The van der Waals surface area contributed by atoms with Crippen LogP contribution < -0.4 is 0 Å². The molecule has 0 bridgehead atoms. The summed E-state index contributed by atoms with van der Waals surface area (Å²) in [5, 5.41) is 0. The Balaban J connectivity index is 2.93. The molecule has 1 aliphatic rings. The van der Waals surface area contributed by atoms with E-state index in [4.69, 9.17) is 15.5 Å². The first-order chi connectivity index (χ1) is 4.90. The van der Waals surface area contributed by atoms with Crippen molar-refractivity contribution in [3.63, 3.8) is 0 Å². The average Bonchev–Trinajstić information content (AvgIpc) is 2.03. The molecule has 0 aromatic heterocycles. The summed E-state index contributed by atoms with van der Waals surface area (Å²) in [7, 11) is -2.88. The molecule has 11 heavy (non-hydrogen) atoms. The lowest BCUT2D eigenvalue weighted by Crippen LogP contribution is -2.31. The van der Waals surface area contributed by atoms with Gasteiger partial charge in [0.15, 0.2) is 5.60 Å². The second-order valence-corrected chi connectivity index (χ2v) is 4.80. The van der Waals surface area contributed by atoms with Crippen molar-refractivity contribution >= 4 is 7.60 Å². The van der Waals surface area contributed by atoms with Gasteiger partial charge < -0.3 is 4.52 Å². The summed E-state index contributed by atoms with van der Waals surface area (Å²) >= 11 is 0. The molecule has 62 valence electrons. The first kappa shape index (κ1) is 8.80. The largest absolute Gasteiger partial charge is 0.329 e. The standard InChI is InChI=1S/C7H11O3P/c1-5-7(3)6(2)9-11(4,8)10-7/h1,6H,2-4H3. The lowest BCUT2D eigenvalue weighted by molar-refractivity contribution is 0.123. The molecule has 1 heterocycles. The van der Waals surface area contributed by atoms with Gasteiger partial charge in [-0.3, -0.25) is 9.09 Å². The van der Waals surface area contributed by atoms with Crippen molar-refractivity contribution in [3.05, 3.63) is 0 Å². The van der Waals surface area contributed by atoms with Crippen molar-refractivity contribution in [2.24, 2.45) is 0 Å². The van der Waals surface area contributed by atoms with Crippen LogP contribution in [0, 0.1) is 12.3 Å². The van der Waals surface area contributed by atoms with E-state index in [0.717, 1.165) is 0 Å². The first-order valence-electron chi connectivity index (χ1n) is 3.34. The molecule has 4 heteroatoms. The average molecular weight is 174 g/mol. The molecular formula is C7H11O3P. The highest BCUT2D eigenvalue weighted by molar-refractivity contribution is 7.53. The van der Waals surface area contributed by atoms with Crippen LogP contribution in [-0.4, -0.2) is 18.4 Å². The molecule has 1 rings (SSSR count). The zero-order valence-electron chi connectivity index (χ0n) is 6.83. The Hall–Kier alpha value is -0.290. The molecule has 0 aromatic rings. The van der Waals surface area contributed by atoms with Gasteiger partial charge in [0.1, 0.15) is 6.10 Å². The van der Waals surface area contributed by atoms with Gasteiger partial charge >= 0.3 is 7.60 Å². The van der Waals surface area contributed by atoms with Crippen LogP contribution in [0.2, 0.25) is 0 Å². The predicted octanol–water partition coefficient (Wildman–Crippen LogP) is 1.64. The van der Waals surface area contributed by atoms with E-state index in [-0.39, 0.29) is 6.10 Å². The van der Waals surface area contributed by atoms with E-state index in [1.54, 1.807) is 13.8 Å². The summed E-state index contributed by atoms with van der Waals surface area (Å²) < 4.78 is 21.4. The predicted molar refractivity (Wildman–Crippen MR) is 42.4 cm³/mol. The number of rotatable bonds is 0. The molecule has 3 atom stereocenters. The van der Waals surface area contributed by atoms with E-state index < -0.39 is 13.2 Å². The molecule has 0 aliphatic carbocycles. The quantitative estimate of drug-likeness (QED) is 0.413. The smallest absolute Gasteiger partial charge is 0.302 e. The molecule has 1 aliphatic heterocycles. The van der Waals surface area contributed by atoms with E-state index in [2.05, 4.69) is 5.92 Å². The van der Waals surface area contributed by atoms with Crippen LogP contribution in [0.3, 0.4) is 0 Å². The van der Waals surface area contributed by atoms with Crippen molar-refractivity contribution in [2.75, 3.05) is 6.66 Å². The highest BCUT2D eigenvalue weighted by atomic mass is 31.2. The Morgan fingerprint density at radius 2 is 2.27 bits per heavy atom. The minimum atomic E-state index is -2.88. The first-order valence-corrected chi connectivity index (χ1v) is 5.33. The van der Waals surface area contributed by atoms with Crippen LogP contribution in [0.4, 0.5) is 0 Å². The third kappa shape index (κ3) is 1.49. The van der Waals surface area contributed by atoms with Crippen LogP contribution >= 0.6 is 7.60 Å². The molecular weight excluding hydrogens is 163 g/mol. The highest BCUT2D eigenvalue weighted by Crippen LogP contribution is 2.56. The van der Waals surface area contributed by atoms with Crippen LogP contribution in [-0.2, 0) is 13.6 Å². The summed E-state index contributed by atoms with van der Waals surface area (Å²) in [5.41, 5.74) is -0.829. The van der Waals surface area contributed by atoms with Crippen molar-refractivity contribution in [3.8, 4) is 12.3 Å². The molecule has 0 spiro atoms. The Morgan fingerprint density at radius 1 is 1.73 bits per heavy atom. The molecule has 1 saturated heterocycles. The fourth-order valence-electron chi connectivity index (χ4n) is 0.972. The minimum absolute atomic E-state index is 0.302. The summed E-state index contributed by atoms with van der Waals surface area (Å²) in [6, 6.07) is 0. The van der Waals surface area contributed by atoms with Crippen LogP contribution in [0.1, 0.15) is 13.8 Å². The maximum Gasteiger partial charge on any atom is 0.329 e. The maximum atomic E-state index is 11.3. The van der Waals surface area contributed by atoms with Gasteiger partial charge in [-0.1, -0.05) is 5.92 Å². The van der Waals surface area contributed by atoms with E-state index in [1.807, 2.05) is 0 Å². The van der Waals surface area contributed by atoms with Crippen LogP contribution in [0.15, 0.2) is 0 Å². The van der Waals surface area contributed by atoms with Gasteiger partial charge in [-0.05, 0) is 13.8 Å². The fourth-order valence-corrected chi connectivity index (χ4v) is 2.68. The Labute approximate surface area is 66.6 Å². The zero-order chi connectivity index (χ0) is 8.70. The van der Waals surface area contributed by atoms with Crippen molar-refractivity contribution in [1.82, 2.24) is 0 Å². The van der Waals surface area contributed by atoms with Gasteiger partial charge in [0.25, 0.3) is 0 Å². The van der Waals surface area contributed by atoms with Crippen molar-refractivity contribution in [1.29, 1.82) is 0 Å². The van der Waals surface area contributed by atoms with Gasteiger partial charge in [0.05, 0.1) is 0 Å². The van der Waals surface area contributed by atoms with Gasteiger partial charge in [-0.25, -0.2) is 0 Å². The van der Waals surface area contributed by atoms with Gasteiger partial charge in [-0.15, -0.1) is 6.42 Å². The Morgan fingerprint density at radius 3 is 2.45 bits per heavy atom. The Kier molecular flexibility index (Phi) is 1.88. The Bertz CT molecular complexity index is 255. The van der Waals surface area contributed by atoms with E-state index in [1.165, 1.54) is 6.66 Å². The second kappa shape index (κ2) is 2.35. The maximum absolute atomic E-state index is 11.3. The van der Waals surface area contributed by atoms with Crippen molar-refractivity contribution in [2.45, 2.75) is 25.6 Å². The molecule has 0 aromatic carbocycles. The van der Waals surface area contributed by atoms with Crippen LogP contribution in [0.25, 0.3) is 0 Å². The molecule has 0 amide bonds. The molecule has 1 fully saturated rings. The molecule has 0 radical (unpaired) electrons. The van der Waals surface area contributed by atoms with Gasteiger partial charge in [0.2, 0.25) is 0 Å². The molecule has 3 unspecified atom stereocenters. The van der Waals surface area contributed by atoms with E-state index in [9.17, 15) is 4.57 Å². The highest BCUT2D eigenvalue weighted by Gasteiger charge is 2.46. The molecule has 0 saturated carbocycles. The summed E-state index contributed by atoms with van der Waals surface area (Å²) in [4.78, 5) is 0. The summed E-state index contributed by atoms with van der Waals surface area (Å²) in [5.74, 6) is 2.43. The molecule has 0 N–H and O–H groups in total. The minimum Gasteiger partial charge on any atom is -0.302 e. The lowest BCUT2D eigenvalue weighted by atomic mass is 10.0. The normalized spacial score (nSPS) is 50.5. The number of hydrogen-bond acceptors (Lipinski definition) is 3. The van der Waals surface area contributed by atoms with E-state index in [0.29, 0.717) is 0 Å². The summed E-state index contributed by atoms with van der Waals surface area (Å²) in [6.45, 7) is 4.87.